The van der Waals surface area contributed by atoms with Crippen LogP contribution in [0.1, 0.15) is 24.5 Å². The number of aromatic hydroxyl groups is 1. The van der Waals surface area contributed by atoms with Gasteiger partial charge in [0.15, 0.2) is 0 Å². The van der Waals surface area contributed by atoms with Crippen molar-refractivity contribution < 1.29 is 26.8 Å². The Morgan fingerprint density at radius 2 is 1.43 bits per heavy atom. The maximum absolute atomic E-state index is 8.99. The molecule has 0 unspecified atom stereocenters. The van der Waals surface area contributed by atoms with E-state index in [1.54, 1.807) is 12.1 Å². The molecule has 0 spiro atoms. The number of hydrogen-bond donors (Lipinski definition) is 1. The molecule has 0 bridgehead atoms. The van der Waals surface area contributed by atoms with Gasteiger partial charge in [-0.2, -0.15) is 6.08 Å². The van der Waals surface area contributed by atoms with Crippen molar-refractivity contribution in [2.24, 2.45) is 0 Å². The summed E-state index contributed by atoms with van der Waals surface area (Å²) in [5.41, 5.74) is 3.48. The predicted molar refractivity (Wildman–Crippen MR) is 97.1 cm³/mol. The molecule has 1 nitrogen and oxygen atoms in total. The molecule has 1 N–H and O–H groups in total. The van der Waals surface area contributed by atoms with Gasteiger partial charge in [-0.05, 0) is 37.1 Å². The molecule has 0 heterocycles. The van der Waals surface area contributed by atoms with E-state index in [0.29, 0.717) is 5.75 Å². The molecular weight excluding hydrogens is 355 g/mol. The van der Waals surface area contributed by atoms with Crippen molar-refractivity contribution in [1.29, 1.82) is 0 Å². The smallest absolute Gasteiger partial charge is 0.116 e. The van der Waals surface area contributed by atoms with Gasteiger partial charge in [-0.25, -0.2) is 11.6 Å². The summed E-state index contributed by atoms with van der Waals surface area (Å²) in [6.07, 6.45) is 8.33. The van der Waals surface area contributed by atoms with Gasteiger partial charge < -0.3 is 5.11 Å². The molecule has 0 atom stereocenters. The molecule has 1 aromatic carbocycles. The van der Waals surface area contributed by atoms with Gasteiger partial charge in [0.05, 0.1) is 0 Å². The molecule has 0 aromatic heterocycles. The normalized spacial score (nSPS) is 10.2. The summed E-state index contributed by atoms with van der Waals surface area (Å²) in [5.74, 6) is 0.354. The Kier molecular flexibility index (Phi) is 25.0. The molecule has 1 aliphatic rings. The van der Waals surface area contributed by atoms with Gasteiger partial charge in [0, 0.05) is 31.2 Å². The third kappa shape index (κ3) is 18.0. The zero-order valence-corrected chi connectivity index (χ0v) is 17.8. The molecule has 5 heteroatoms. The van der Waals surface area contributed by atoms with Crippen LogP contribution >= 0.6 is 24.8 Å². The maximum atomic E-state index is 8.99. The Labute approximate surface area is 159 Å². The largest absolute Gasteiger partial charge is 0.508 e. The first-order valence-electron chi connectivity index (χ1n) is 6.24. The predicted octanol–water partition coefficient (Wildman–Crippen LogP) is 5.07. The number of allylic oxidation sites excluding steroid dienone is 4. The Morgan fingerprint density at radius 3 is 1.62 bits per heavy atom. The second-order valence-electron chi connectivity index (χ2n) is 4.39. The molecule has 0 saturated carbocycles. The molecule has 119 valence electrons. The topological polar surface area (TPSA) is 20.2 Å². The van der Waals surface area contributed by atoms with E-state index >= 15 is 0 Å². The summed E-state index contributed by atoms with van der Waals surface area (Å²) in [5, 5.41) is 8.99. The average Bonchev–Trinajstić information content (AvgIpc) is 2.68. The van der Waals surface area contributed by atoms with Crippen molar-refractivity contribution in [2.75, 3.05) is 0 Å². The Morgan fingerprint density at radius 1 is 1.00 bits per heavy atom. The summed E-state index contributed by atoms with van der Waals surface area (Å²) >= 11 is 0. The molecule has 1 aliphatic carbocycles. The van der Waals surface area contributed by atoms with Crippen molar-refractivity contribution >= 4 is 34.3 Å². The van der Waals surface area contributed by atoms with Crippen molar-refractivity contribution in [1.82, 2.24) is 0 Å². The number of phenols is 1. The maximum Gasteiger partial charge on any atom is 0.116 e. The summed E-state index contributed by atoms with van der Waals surface area (Å²) in [4.78, 5) is 0. The standard InChI is InChI=1S/C8H10O.C6H7.C2H7Si.2ClH.Ti/c1-6-3-7(2)5-8(9)4-6;1-6-4-2-3-5-6;1-3-2;;;/h3-5,9H,1-2H3;2,4H,3H2,1H3;3H,1-2H3;2*1H;/q;-1;;;;. The van der Waals surface area contributed by atoms with Crippen LogP contribution in [-0.2, 0) is 21.7 Å². The Balaban J connectivity index is -0.000000107. The minimum atomic E-state index is 0. The van der Waals surface area contributed by atoms with E-state index in [1.165, 1.54) is 5.57 Å². The van der Waals surface area contributed by atoms with Crippen LogP contribution in [0.15, 0.2) is 35.9 Å². The van der Waals surface area contributed by atoms with Crippen LogP contribution in [0.2, 0.25) is 13.1 Å². The minimum Gasteiger partial charge on any atom is -0.508 e. The third-order valence-electron chi connectivity index (χ3n) is 2.07. The van der Waals surface area contributed by atoms with Crippen molar-refractivity contribution in [3.8, 4) is 5.75 Å². The fraction of sp³-hybridized carbons (Fsp3) is 0.375. The summed E-state index contributed by atoms with van der Waals surface area (Å²) in [6.45, 7) is 10.4. The summed E-state index contributed by atoms with van der Waals surface area (Å²) < 4.78 is 0. The quantitative estimate of drug-likeness (QED) is 0.492. The number of rotatable bonds is 0. The zero-order valence-electron chi connectivity index (χ0n) is 13.4. The van der Waals surface area contributed by atoms with E-state index in [1.807, 2.05) is 19.9 Å². The van der Waals surface area contributed by atoms with Gasteiger partial charge in [-0.1, -0.05) is 26.1 Å². The van der Waals surface area contributed by atoms with Gasteiger partial charge in [0.1, 0.15) is 5.75 Å². The first-order valence-corrected chi connectivity index (χ1v) is 8.55. The summed E-state index contributed by atoms with van der Waals surface area (Å²) in [7, 11) is 0.750. The molecule has 0 amide bonds. The number of phenolic OH excluding ortho intramolecular Hbond substituents is 1. The Bertz CT molecular complexity index is 368. The van der Waals surface area contributed by atoms with Crippen molar-refractivity contribution in [3.63, 3.8) is 0 Å². The van der Waals surface area contributed by atoms with Gasteiger partial charge in [-0.3, -0.25) is 6.08 Å². The van der Waals surface area contributed by atoms with Crippen LogP contribution in [0.3, 0.4) is 0 Å². The molecule has 1 aromatic rings. The monoisotopic (exact) mass is 380 g/mol. The van der Waals surface area contributed by atoms with Crippen LogP contribution in [-0.4, -0.2) is 14.6 Å². The van der Waals surface area contributed by atoms with Crippen LogP contribution in [0.4, 0.5) is 0 Å². The average molecular weight is 381 g/mol. The third-order valence-corrected chi connectivity index (χ3v) is 2.07. The van der Waals surface area contributed by atoms with Crippen LogP contribution in [0.25, 0.3) is 0 Å². The van der Waals surface area contributed by atoms with Crippen molar-refractivity contribution in [2.45, 2.75) is 40.3 Å². The number of hydrogen-bond acceptors (Lipinski definition) is 1. The van der Waals surface area contributed by atoms with E-state index in [9.17, 15) is 0 Å². The van der Waals surface area contributed by atoms with Crippen LogP contribution < -0.4 is 0 Å². The number of aryl methyl sites for hydroxylation is 2. The number of halogens is 2. The van der Waals surface area contributed by atoms with Gasteiger partial charge in [0.25, 0.3) is 0 Å². The zero-order chi connectivity index (χ0) is 14.0. The van der Waals surface area contributed by atoms with E-state index in [4.69, 9.17) is 5.11 Å². The van der Waals surface area contributed by atoms with E-state index < -0.39 is 0 Å². The SMILES string of the molecule is CC1=[C-]CC=C1.C[SiH]C.Cc1cc(C)cc(O)c1.Cl.Cl.[Ti]. The van der Waals surface area contributed by atoms with Gasteiger partial charge in [0.2, 0.25) is 0 Å². The minimum absolute atomic E-state index is 0. The molecule has 0 aliphatic heterocycles. The van der Waals surface area contributed by atoms with Gasteiger partial charge in [-0.15, -0.1) is 31.2 Å². The van der Waals surface area contributed by atoms with Crippen LogP contribution in [0, 0.1) is 19.9 Å². The molecular formula is C16H26Cl2OSiTi-. The number of benzene rings is 1. The molecule has 0 fully saturated rings. The first kappa shape index (κ1) is 29.1. The second-order valence-corrected chi connectivity index (χ2v) is 5.54. The fourth-order valence-corrected chi connectivity index (χ4v) is 1.47. The molecule has 1 radical (unpaired) electrons. The van der Waals surface area contributed by atoms with Crippen LogP contribution in [0.5, 0.6) is 5.75 Å². The van der Waals surface area contributed by atoms with E-state index in [-0.39, 0.29) is 46.5 Å². The Hall–Kier alpha value is 0.0112. The second kappa shape index (κ2) is 18.1. The fourth-order valence-electron chi connectivity index (χ4n) is 1.47. The van der Waals surface area contributed by atoms with E-state index in [2.05, 4.69) is 38.2 Å². The summed E-state index contributed by atoms with van der Waals surface area (Å²) in [6, 6.07) is 5.51. The molecule has 2 rings (SSSR count). The molecule has 0 saturated heterocycles. The first-order chi connectivity index (χ1) is 8.49. The van der Waals surface area contributed by atoms with Crippen molar-refractivity contribution in [3.05, 3.63) is 53.1 Å². The van der Waals surface area contributed by atoms with Gasteiger partial charge >= 0.3 is 0 Å². The molecule has 21 heavy (non-hydrogen) atoms. The van der Waals surface area contributed by atoms with E-state index in [0.717, 1.165) is 27.1 Å².